The van der Waals surface area contributed by atoms with Crippen LogP contribution in [0.25, 0.3) is 0 Å². The van der Waals surface area contributed by atoms with E-state index in [1.807, 2.05) is 26.6 Å². The van der Waals surface area contributed by atoms with Crippen molar-refractivity contribution in [3.05, 3.63) is 0 Å². The number of hydroxylamine groups is 1. The zero-order valence-electron chi connectivity index (χ0n) is 12.6. The predicted molar refractivity (Wildman–Crippen MR) is 73.8 cm³/mol. The summed E-state index contributed by atoms with van der Waals surface area (Å²) in [4.78, 5) is 23.5. The van der Waals surface area contributed by atoms with Gasteiger partial charge in [0.25, 0.3) is 0 Å². The van der Waals surface area contributed by atoms with Crippen LogP contribution >= 0.6 is 0 Å². The quantitative estimate of drug-likeness (QED) is 0.316. The molecule has 0 spiro atoms. The van der Waals surface area contributed by atoms with Crippen LogP contribution in [0, 0.1) is 5.92 Å². The summed E-state index contributed by atoms with van der Waals surface area (Å²) in [5.74, 6) is -2.24. The van der Waals surface area contributed by atoms with Gasteiger partial charge in [-0.15, -0.1) is 0 Å². The van der Waals surface area contributed by atoms with Crippen LogP contribution in [0.4, 0.5) is 0 Å². The van der Waals surface area contributed by atoms with Gasteiger partial charge in [0.15, 0.2) is 5.92 Å². The highest BCUT2D eigenvalue weighted by atomic mass is 28.4. The van der Waals surface area contributed by atoms with E-state index in [-0.39, 0.29) is 0 Å². The first-order valence-corrected chi connectivity index (χ1v) is 9.76. The molecule has 0 bridgehead atoms. The normalized spacial score (nSPS) is 13.2. The number of methoxy groups -OCH3 is 2. The number of nitrogens with one attached hydrogen (secondary N) is 1. The number of carbonyl (C=O) groups excluding carboxylic acids is 2. The average molecular weight is 291 g/mol. The lowest BCUT2D eigenvalue weighted by Crippen LogP contribution is -2.48. The summed E-state index contributed by atoms with van der Waals surface area (Å²) < 4.78 is 14.9. The van der Waals surface area contributed by atoms with E-state index in [1.54, 1.807) is 0 Å². The highest BCUT2D eigenvalue weighted by molar-refractivity contribution is 6.69. The summed E-state index contributed by atoms with van der Waals surface area (Å²) in [7, 11) is 0.701. The summed E-state index contributed by atoms with van der Waals surface area (Å²) in [6.07, 6.45) is 1.41. The van der Waals surface area contributed by atoms with Gasteiger partial charge in [-0.25, -0.2) is 5.48 Å². The van der Waals surface area contributed by atoms with Gasteiger partial charge in [0.1, 0.15) is 0 Å². The zero-order chi connectivity index (χ0) is 15.1. The predicted octanol–water partition coefficient (Wildman–Crippen LogP) is 1.47. The van der Waals surface area contributed by atoms with Crippen LogP contribution in [0.5, 0.6) is 0 Å². The average Bonchev–Trinajstić information content (AvgIpc) is 2.34. The van der Waals surface area contributed by atoms with Crippen LogP contribution in [-0.4, -0.2) is 40.5 Å². The molecule has 0 aliphatic rings. The Morgan fingerprint density at radius 2 is 1.58 bits per heavy atom. The van der Waals surface area contributed by atoms with Crippen LogP contribution in [0.3, 0.4) is 0 Å². The van der Waals surface area contributed by atoms with Crippen molar-refractivity contribution >= 4 is 20.3 Å². The number of hydrogen-bond acceptors (Lipinski definition) is 6. The molecule has 19 heavy (non-hydrogen) atoms. The van der Waals surface area contributed by atoms with Crippen molar-refractivity contribution < 1.29 is 23.6 Å². The molecule has 0 amide bonds. The van der Waals surface area contributed by atoms with E-state index in [4.69, 9.17) is 4.53 Å². The van der Waals surface area contributed by atoms with Crippen molar-refractivity contribution in [2.24, 2.45) is 5.92 Å². The summed E-state index contributed by atoms with van der Waals surface area (Å²) in [5, 5.41) is 0. The van der Waals surface area contributed by atoms with Gasteiger partial charge in [0.05, 0.1) is 20.3 Å². The molecule has 0 saturated heterocycles. The molecule has 7 heteroatoms. The van der Waals surface area contributed by atoms with Crippen LogP contribution in [0.1, 0.15) is 19.8 Å². The maximum Gasteiger partial charge on any atom is 0.321 e. The Kier molecular flexibility index (Phi) is 7.89. The Morgan fingerprint density at radius 1 is 1.11 bits per heavy atom. The molecule has 1 atom stereocenters. The lowest BCUT2D eigenvalue weighted by molar-refractivity contribution is -0.161. The Bertz CT molecular complexity index is 287. The molecule has 0 saturated carbocycles. The van der Waals surface area contributed by atoms with E-state index in [2.05, 4.69) is 15.0 Å². The van der Waals surface area contributed by atoms with Crippen molar-refractivity contribution in [1.82, 2.24) is 5.48 Å². The molecular formula is C12H25NO5Si. The van der Waals surface area contributed by atoms with Crippen molar-refractivity contribution in [1.29, 1.82) is 0 Å². The van der Waals surface area contributed by atoms with Gasteiger partial charge in [-0.05, 0) is 26.1 Å². The third-order valence-electron chi connectivity index (χ3n) is 2.43. The van der Waals surface area contributed by atoms with Crippen molar-refractivity contribution in [3.8, 4) is 0 Å². The molecule has 0 fully saturated rings. The third-order valence-corrected chi connectivity index (χ3v) is 3.16. The Balaban J connectivity index is 4.94. The number of esters is 2. The lowest BCUT2D eigenvalue weighted by Gasteiger charge is -2.27. The molecule has 0 aromatic carbocycles. The first kappa shape index (κ1) is 18.1. The smallest absolute Gasteiger partial charge is 0.321 e. The van der Waals surface area contributed by atoms with Gasteiger partial charge < -0.3 is 14.0 Å². The van der Waals surface area contributed by atoms with Crippen LogP contribution in [-0.2, 0) is 23.6 Å². The van der Waals surface area contributed by atoms with Gasteiger partial charge >= 0.3 is 11.9 Å². The van der Waals surface area contributed by atoms with E-state index in [0.29, 0.717) is 6.42 Å². The summed E-state index contributed by atoms with van der Waals surface area (Å²) >= 11 is 0. The van der Waals surface area contributed by atoms with Crippen molar-refractivity contribution in [2.75, 3.05) is 14.2 Å². The largest absolute Gasteiger partial charge is 0.468 e. The molecule has 112 valence electrons. The van der Waals surface area contributed by atoms with Gasteiger partial charge in [-0.1, -0.05) is 13.3 Å². The fraction of sp³-hybridized carbons (Fsp3) is 0.833. The SMILES string of the molecule is CCCC(NO[Si](C)(C)C)C(C(=O)OC)C(=O)OC. The van der Waals surface area contributed by atoms with Gasteiger partial charge in [-0.3, -0.25) is 9.59 Å². The van der Waals surface area contributed by atoms with Gasteiger partial charge in [0.2, 0.25) is 8.32 Å². The number of rotatable bonds is 8. The Labute approximate surface area is 115 Å². The molecular weight excluding hydrogens is 266 g/mol. The molecule has 0 rings (SSSR count). The van der Waals surface area contributed by atoms with E-state index in [9.17, 15) is 9.59 Å². The molecule has 6 nitrogen and oxygen atoms in total. The highest BCUT2D eigenvalue weighted by Gasteiger charge is 2.37. The minimum atomic E-state index is -1.80. The topological polar surface area (TPSA) is 73.9 Å². The minimum Gasteiger partial charge on any atom is -0.468 e. The second-order valence-corrected chi connectivity index (χ2v) is 9.68. The summed E-state index contributed by atoms with van der Waals surface area (Å²) in [5.41, 5.74) is 2.85. The lowest BCUT2D eigenvalue weighted by atomic mass is 9.96. The van der Waals surface area contributed by atoms with Crippen LogP contribution < -0.4 is 5.48 Å². The molecule has 0 aliphatic carbocycles. The molecule has 0 aliphatic heterocycles. The van der Waals surface area contributed by atoms with Crippen molar-refractivity contribution in [2.45, 2.75) is 45.4 Å². The molecule has 0 radical (unpaired) electrons. The fourth-order valence-corrected chi connectivity index (χ4v) is 2.04. The standard InChI is InChI=1S/C12H25NO5Si/c1-7-8-9(13-18-19(4,5)6)10(11(14)16-2)12(15)17-3/h9-10,13H,7-8H2,1-6H3. The first-order chi connectivity index (χ1) is 8.76. The van der Waals surface area contributed by atoms with Crippen LogP contribution in [0.15, 0.2) is 0 Å². The monoisotopic (exact) mass is 291 g/mol. The second-order valence-electron chi connectivity index (χ2n) is 5.25. The number of carbonyl (C=O) groups is 2. The maximum absolute atomic E-state index is 11.7. The zero-order valence-corrected chi connectivity index (χ0v) is 13.6. The third kappa shape index (κ3) is 6.70. The molecule has 0 aromatic rings. The Hall–Kier alpha value is -0.923. The molecule has 1 unspecified atom stereocenters. The van der Waals surface area contributed by atoms with Crippen LogP contribution in [0.2, 0.25) is 19.6 Å². The number of ether oxygens (including phenoxy) is 2. The van der Waals surface area contributed by atoms with E-state index in [1.165, 1.54) is 14.2 Å². The van der Waals surface area contributed by atoms with Gasteiger partial charge in [-0.2, -0.15) is 0 Å². The summed E-state index contributed by atoms with van der Waals surface area (Å²) in [6, 6.07) is -0.448. The van der Waals surface area contributed by atoms with Gasteiger partial charge in [0, 0.05) is 0 Å². The Morgan fingerprint density at radius 3 is 1.89 bits per heavy atom. The number of hydrogen-bond donors (Lipinski definition) is 1. The fourth-order valence-electron chi connectivity index (χ4n) is 1.54. The first-order valence-electron chi connectivity index (χ1n) is 6.36. The molecule has 0 aromatic heterocycles. The minimum absolute atomic E-state index is 0.448. The van der Waals surface area contributed by atoms with E-state index >= 15 is 0 Å². The van der Waals surface area contributed by atoms with Crippen molar-refractivity contribution in [3.63, 3.8) is 0 Å². The maximum atomic E-state index is 11.7. The molecule has 0 heterocycles. The van der Waals surface area contributed by atoms with E-state index < -0.39 is 32.2 Å². The molecule has 1 N–H and O–H groups in total. The summed E-state index contributed by atoms with van der Waals surface area (Å²) in [6.45, 7) is 7.99. The highest BCUT2D eigenvalue weighted by Crippen LogP contribution is 2.15. The van der Waals surface area contributed by atoms with E-state index in [0.717, 1.165) is 6.42 Å². The second kappa shape index (κ2) is 8.29.